The van der Waals surface area contributed by atoms with Gasteiger partial charge in [0.2, 0.25) is 23.6 Å². The summed E-state index contributed by atoms with van der Waals surface area (Å²) in [7, 11) is 1.83. The summed E-state index contributed by atoms with van der Waals surface area (Å²) < 4.78 is 0. The minimum absolute atomic E-state index is 0.172. The summed E-state index contributed by atoms with van der Waals surface area (Å²) in [5.74, 6) is -5.65. The number of nitrogens with one attached hydrogen (secondary N) is 4. The quantitative estimate of drug-likeness (QED) is 0.0193. The highest BCUT2D eigenvalue weighted by Crippen LogP contribution is 2.18. The number of benzene rings is 1. The number of rotatable bonds is 25. The van der Waals surface area contributed by atoms with Gasteiger partial charge in [0, 0.05) is 105 Å². The third-order valence-corrected chi connectivity index (χ3v) is 11.6. The van der Waals surface area contributed by atoms with Gasteiger partial charge in [0.05, 0.1) is 38.7 Å². The molecule has 0 spiro atoms. The second kappa shape index (κ2) is 30.5. The predicted molar refractivity (Wildman–Crippen MR) is 252 cm³/mol. The van der Waals surface area contributed by atoms with Gasteiger partial charge in [0.25, 0.3) is 5.91 Å². The van der Waals surface area contributed by atoms with Crippen molar-refractivity contribution in [2.75, 3.05) is 119 Å². The number of aliphatic imine (C=N–C) groups is 1. The molecule has 2 atom stereocenters. The summed E-state index contributed by atoms with van der Waals surface area (Å²) in [4.78, 5) is 114. The van der Waals surface area contributed by atoms with E-state index in [0.717, 1.165) is 5.56 Å². The van der Waals surface area contributed by atoms with Gasteiger partial charge in [-0.15, -0.1) is 0 Å². The molecule has 0 aromatic heterocycles. The average molecular weight is 975 g/mol. The molecular formula is C43H71BN12O13. The molecule has 0 saturated carbocycles. The number of hydrogen-bond acceptors (Lipinski definition) is 15. The normalized spacial score (nSPS) is 17.4. The van der Waals surface area contributed by atoms with Gasteiger partial charge in [0.1, 0.15) is 6.04 Å². The molecule has 5 amide bonds. The Morgan fingerprint density at radius 2 is 1.26 bits per heavy atom. The first-order valence-corrected chi connectivity index (χ1v) is 23.2. The fraction of sp³-hybridized carbons (Fsp3) is 0.651. The Bertz CT molecular complexity index is 1860. The maximum Gasteiger partial charge on any atom is 0.475 e. The number of nitrogens with two attached hydrogens (primary N) is 1. The molecule has 0 bridgehead atoms. The first-order chi connectivity index (χ1) is 32.8. The second-order valence-corrected chi connectivity index (χ2v) is 17.3. The lowest BCUT2D eigenvalue weighted by atomic mass is 9.78. The van der Waals surface area contributed by atoms with Gasteiger partial charge in [-0.1, -0.05) is 12.1 Å². The van der Waals surface area contributed by atoms with Crippen molar-refractivity contribution < 1.29 is 63.7 Å². The average Bonchev–Trinajstić information content (AvgIpc) is 3.80. The summed E-state index contributed by atoms with van der Waals surface area (Å²) in [6.07, 6.45) is 2.80. The van der Waals surface area contributed by atoms with Gasteiger partial charge in [-0.05, 0) is 56.2 Å². The maximum absolute atomic E-state index is 13.6. The van der Waals surface area contributed by atoms with Gasteiger partial charge in [0.15, 0.2) is 5.96 Å². The van der Waals surface area contributed by atoms with Crippen LogP contribution in [0, 0.1) is 0 Å². The van der Waals surface area contributed by atoms with E-state index in [0.29, 0.717) is 50.2 Å². The van der Waals surface area contributed by atoms with Crippen LogP contribution >= 0.6 is 0 Å². The van der Waals surface area contributed by atoms with Crippen LogP contribution in [-0.4, -0.2) is 246 Å². The van der Waals surface area contributed by atoms with Gasteiger partial charge in [-0.3, -0.25) is 62.9 Å². The number of likely N-dealkylation sites (tertiary alicyclic amines) is 1. The molecule has 3 rings (SSSR count). The van der Waals surface area contributed by atoms with Crippen molar-refractivity contribution in [3.8, 4) is 0 Å². The van der Waals surface area contributed by atoms with Gasteiger partial charge in [-0.2, -0.15) is 0 Å². The number of aliphatic carboxylic acids is 3. The lowest BCUT2D eigenvalue weighted by Crippen LogP contribution is -2.52. The number of amides is 5. The monoisotopic (exact) mass is 975 g/mol. The molecule has 2 saturated heterocycles. The number of carbonyl (C=O) groups is 8. The zero-order chi connectivity index (χ0) is 50.9. The highest BCUT2D eigenvalue weighted by atomic mass is 16.4. The molecule has 2 aliphatic heterocycles. The van der Waals surface area contributed by atoms with Crippen LogP contribution in [-0.2, 0) is 40.1 Å². The van der Waals surface area contributed by atoms with Gasteiger partial charge >= 0.3 is 25.0 Å². The van der Waals surface area contributed by atoms with E-state index < -0.39 is 60.6 Å². The fourth-order valence-corrected chi connectivity index (χ4v) is 7.71. The molecule has 384 valence electrons. The standard InChI is InChI=1S/C43H71BN12O13/c1-51(2)43(45)47-15-5-7-33(50-36(58)27-52-17-19-53(28-38(60)61)21-23-55(30-40(64)65)24-22-54(20-18-52)29-39(62)63)42(67)46-14-4-3-9-35(57)48-25-31-10-12-32(13-11-31)41(66)49-26-37(59)56-16-6-8-34(56)44(68)69/h10-13,33-34,68-69H,3-9,14-30H2,1-2H3,(H2,45,47)(H,46,67)(H,48,57)(H,49,66)(H,50,58)(H,60,61)(H,62,63)(H,64,65). The Morgan fingerprint density at radius 1 is 0.725 bits per heavy atom. The van der Waals surface area contributed by atoms with Crippen molar-refractivity contribution in [1.29, 1.82) is 0 Å². The number of guanidine groups is 1. The summed E-state index contributed by atoms with van der Waals surface area (Å²) in [5, 5.41) is 58.6. The summed E-state index contributed by atoms with van der Waals surface area (Å²) in [6, 6.07) is 5.53. The lowest BCUT2D eigenvalue weighted by molar-refractivity contribution is -0.140. The molecule has 26 heteroatoms. The number of unbranched alkanes of at least 4 members (excludes halogenated alkanes) is 1. The van der Waals surface area contributed by atoms with Gasteiger partial charge in [-0.25, -0.2) is 0 Å². The van der Waals surface area contributed by atoms with Crippen LogP contribution < -0.4 is 27.0 Å². The highest BCUT2D eigenvalue weighted by Gasteiger charge is 2.36. The van der Waals surface area contributed by atoms with Crippen molar-refractivity contribution in [3.05, 3.63) is 35.4 Å². The largest absolute Gasteiger partial charge is 0.480 e. The molecule has 2 unspecified atom stereocenters. The molecule has 11 N–H and O–H groups in total. The van der Waals surface area contributed by atoms with Crippen LogP contribution in [0.1, 0.15) is 60.9 Å². The van der Waals surface area contributed by atoms with Crippen molar-refractivity contribution >= 4 is 60.5 Å². The summed E-state index contributed by atoms with van der Waals surface area (Å²) in [5.41, 5.74) is 6.96. The fourth-order valence-electron chi connectivity index (χ4n) is 7.71. The van der Waals surface area contributed by atoms with E-state index in [1.54, 1.807) is 62.9 Å². The number of hydrogen-bond donors (Lipinski definition) is 10. The Hall–Kier alpha value is -5.93. The first kappa shape index (κ1) is 57.4. The summed E-state index contributed by atoms with van der Waals surface area (Å²) in [6.45, 7) is 1.46. The van der Waals surface area contributed by atoms with Gasteiger partial charge < -0.3 is 62.2 Å². The predicted octanol–water partition coefficient (Wildman–Crippen LogP) is -4.06. The third kappa shape index (κ3) is 22.8. The van der Waals surface area contributed by atoms with Crippen molar-refractivity contribution in [3.63, 3.8) is 0 Å². The molecule has 2 heterocycles. The first-order valence-electron chi connectivity index (χ1n) is 23.2. The van der Waals surface area contributed by atoms with E-state index in [2.05, 4.69) is 26.3 Å². The lowest BCUT2D eigenvalue weighted by Gasteiger charge is -2.33. The van der Waals surface area contributed by atoms with Crippen LogP contribution in [0.4, 0.5) is 0 Å². The molecular weight excluding hydrogens is 903 g/mol. The Labute approximate surface area is 402 Å². The maximum atomic E-state index is 13.6. The van der Waals surface area contributed by atoms with E-state index in [1.807, 2.05) is 0 Å². The number of carboxylic acids is 3. The zero-order valence-corrected chi connectivity index (χ0v) is 39.7. The van der Waals surface area contributed by atoms with Crippen LogP contribution in [0.25, 0.3) is 0 Å². The van der Waals surface area contributed by atoms with Crippen LogP contribution in [0.2, 0.25) is 0 Å². The molecule has 25 nitrogen and oxygen atoms in total. The second-order valence-electron chi connectivity index (χ2n) is 17.3. The zero-order valence-electron chi connectivity index (χ0n) is 39.7. The third-order valence-electron chi connectivity index (χ3n) is 11.6. The molecule has 2 fully saturated rings. The van der Waals surface area contributed by atoms with Crippen molar-refractivity contribution in [1.82, 2.24) is 50.7 Å². The Morgan fingerprint density at radius 3 is 1.77 bits per heavy atom. The van der Waals surface area contributed by atoms with Crippen molar-refractivity contribution in [2.24, 2.45) is 10.7 Å². The van der Waals surface area contributed by atoms with E-state index in [9.17, 15) is 63.7 Å². The highest BCUT2D eigenvalue weighted by molar-refractivity contribution is 6.43. The molecule has 0 radical (unpaired) electrons. The smallest absolute Gasteiger partial charge is 0.475 e. The minimum atomic E-state index is -1.65. The number of carbonyl (C=O) groups excluding carboxylic acids is 5. The molecule has 2 aliphatic rings. The molecule has 1 aromatic carbocycles. The number of nitrogens with zero attached hydrogens (tertiary/aromatic N) is 7. The minimum Gasteiger partial charge on any atom is -0.480 e. The van der Waals surface area contributed by atoms with E-state index >= 15 is 0 Å². The summed E-state index contributed by atoms with van der Waals surface area (Å²) >= 11 is 0. The Balaban J connectivity index is 1.52. The molecule has 1 aromatic rings. The SMILES string of the molecule is CN(C)C(N)=NCCCC(NC(=O)CN1CCN(CC(=O)O)CCN(CC(=O)O)CCN(CC(=O)O)CC1)C(=O)NCCCCC(=O)NCc1ccc(C(=O)NCC(=O)N2CCCC2B(O)O)cc1. The van der Waals surface area contributed by atoms with Crippen LogP contribution in [0.5, 0.6) is 0 Å². The van der Waals surface area contributed by atoms with E-state index in [1.165, 1.54) is 4.90 Å². The van der Waals surface area contributed by atoms with Crippen LogP contribution in [0.3, 0.4) is 0 Å². The topological polar surface area (TPSA) is 344 Å². The van der Waals surface area contributed by atoms with E-state index in [-0.39, 0.29) is 123 Å². The Kier molecular flexibility index (Phi) is 25.4. The molecule has 0 aliphatic carbocycles. The van der Waals surface area contributed by atoms with Crippen LogP contribution in [0.15, 0.2) is 29.3 Å². The van der Waals surface area contributed by atoms with E-state index in [4.69, 9.17) is 5.73 Å². The molecule has 69 heavy (non-hydrogen) atoms. The van der Waals surface area contributed by atoms with Crippen molar-refractivity contribution in [2.45, 2.75) is 63.5 Å². The number of carboxylic acid groups (broad SMARTS) is 3.